The largest absolute Gasteiger partial charge is 0.319 e. The fourth-order valence-electron chi connectivity index (χ4n) is 1.78. The van der Waals surface area contributed by atoms with E-state index in [1.807, 2.05) is 0 Å². The molecule has 1 aliphatic rings. The van der Waals surface area contributed by atoms with Gasteiger partial charge in [0, 0.05) is 13.1 Å². The molecular weight excluding hydrogens is 222 g/mol. The number of nitrogens with one attached hydrogen (secondary N) is 1. The summed E-state index contributed by atoms with van der Waals surface area (Å²) < 4.78 is 26.1. The molecule has 0 aromatic heterocycles. The van der Waals surface area contributed by atoms with Gasteiger partial charge >= 0.3 is 0 Å². The molecule has 1 saturated heterocycles. The lowest BCUT2D eigenvalue weighted by atomic mass is 9.82. The van der Waals surface area contributed by atoms with E-state index in [1.54, 1.807) is 13.0 Å². The first-order valence-corrected chi connectivity index (χ1v) is 4.49. The monoisotopic (exact) mass is 234 g/mol. The lowest BCUT2D eigenvalue weighted by molar-refractivity contribution is 0.284. The molecule has 0 amide bonds. The van der Waals surface area contributed by atoms with E-state index in [4.69, 9.17) is 5.73 Å². The summed E-state index contributed by atoms with van der Waals surface area (Å²) in [6, 6.07) is 2.69. The van der Waals surface area contributed by atoms with E-state index in [1.165, 1.54) is 0 Å². The number of hydrogen-bond donors (Lipinski definition) is 2. The summed E-state index contributed by atoms with van der Waals surface area (Å²) in [5, 5.41) is 3.02. The minimum atomic E-state index is -0.817. The summed E-state index contributed by atoms with van der Waals surface area (Å²) >= 11 is 0. The zero-order valence-corrected chi connectivity index (χ0v) is 9.13. The zero-order valence-electron chi connectivity index (χ0n) is 8.31. The highest BCUT2D eigenvalue weighted by Crippen LogP contribution is 2.27. The molecule has 0 radical (unpaired) electrons. The molecule has 0 spiro atoms. The summed E-state index contributed by atoms with van der Waals surface area (Å²) in [5.41, 5.74) is 6.47. The van der Waals surface area contributed by atoms with Gasteiger partial charge in [-0.15, -0.1) is 12.4 Å². The molecule has 15 heavy (non-hydrogen) atoms. The van der Waals surface area contributed by atoms with Crippen LogP contribution >= 0.6 is 12.4 Å². The van der Waals surface area contributed by atoms with Crippen molar-refractivity contribution in [3.05, 3.63) is 34.9 Å². The molecule has 0 aliphatic carbocycles. The molecule has 2 nitrogen and oxygen atoms in total. The Labute approximate surface area is 93.3 Å². The molecule has 1 aliphatic heterocycles. The summed E-state index contributed by atoms with van der Waals surface area (Å²) in [6.07, 6.45) is 0. The van der Waals surface area contributed by atoms with E-state index in [9.17, 15) is 8.78 Å². The number of nitrogens with two attached hydrogens (primary N) is 1. The average molecular weight is 235 g/mol. The Kier molecular flexibility index (Phi) is 3.33. The van der Waals surface area contributed by atoms with Crippen molar-refractivity contribution in [1.29, 1.82) is 0 Å². The van der Waals surface area contributed by atoms with Gasteiger partial charge in [0.25, 0.3) is 0 Å². The number of halogens is 3. The summed E-state index contributed by atoms with van der Waals surface area (Å²) in [7, 11) is 0. The zero-order chi connectivity index (χ0) is 10.3. The van der Waals surface area contributed by atoms with Gasteiger partial charge in [0.15, 0.2) is 11.6 Å². The summed E-state index contributed by atoms with van der Waals surface area (Å²) in [5.74, 6) is -1.61. The second-order valence-electron chi connectivity index (χ2n) is 3.79. The maximum Gasteiger partial charge on any atom is 0.162 e. The quantitative estimate of drug-likeness (QED) is 0.772. The van der Waals surface area contributed by atoms with Crippen molar-refractivity contribution in [1.82, 2.24) is 5.32 Å². The van der Waals surface area contributed by atoms with Crippen LogP contribution in [0.5, 0.6) is 0 Å². The van der Waals surface area contributed by atoms with Crippen LogP contribution in [0.1, 0.15) is 11.1 Å². The lowest BCUT2D eigenvalue weighted by Crippen LogP contribution is -2.63. The second-order valence-corrected chi connectivity index (χ2v) is 3.79. The third-order valence-corrected chi connectivity index (χ3v) is 2.76. The first kappa shape index (κ1) is 12.4. The molecule has 1 aromatic rings. The van der Waals surface area contributed by atoms with Gasteiger partial charge in [-0.25, -0.2) is 8.78 Å². The Morgan fingerprint density at radius 2 is 1.93 bits per heavy atom. The van der Waals surface area contributed by atoms with Gasteiger partial charge in [-0.1, -0.05) is 6.07 Å². The molecule has 3 N–H and O–H groups in total. The second kappa shape index (κ2) is 4.04. The molecule has 0 unspecified atom stereocenters. The fraction of sp³-hybridized carbons (Fsp3) is 0.400. The Morgan fingerprint density at radius 3 is 2.40 bits per heavy atom. The molecule has 0 saturated carbocycles. The van der Waals surface area contributed by atoms with Gasteiger partial charge in [0.2, 0.25) is 0 Å². The molecule has 1 aromatic carbocycles. The van der Waals surface area contributed by atoms with Crippen LogP contribution in [0.25, 0.3) is 0 Å². The third-order valence-electron chi connectivity index (χ3n) is 2.76. The standard InChI is InChI=1S/C10H12F2N2.ClH/c1-6-7(10(13)4-14-5-10)2-3-8(11)9(6)12;/h2-3,14H,4-5,13H2,1H3;1H. The SMILES string of the molecule is Cc1c(C2(N)CNC2)ccc(F)c1F.Cl. The first-order valence-electron chi connectivity index (χ1n) is 4.49. The number of benzene rings is 1. The topological polar surface area (TPSA) is 38.0 Å². The van der Waals surface area contributed by atoms with Crippen molar-refractivity contribution in [2.24, 2.45) is 5.73 Å². The van der Waals surface area contributed by atoms with E-state index in [-0.39, 0.29) is 12.4 Å². The van der Waals surface area contributed by atoms with Gasteiger partial charge in [0.05, 0.1) is 5.54 Å². The van der Waals surface area contributed by atoms with Crippen LogP contribution in [0.15, 0.2) is 12.1 Å². The molecule has 1 fully saturated rings. The summed E-state index contributed by atoms with van der Waals surface area (Å²) in [4.78, 5) is 0. The highest BCUT2D eigenvalue weighted by Gasteiger charge is 2.36. The maximum atomic E-state index is 13.2. The Hall–Kier alpha value is -0.710. The van der Waals surface area contributed by atoms with Crippen LogP contribution < -0.4 is 11.1 Å². The van der Waals surface area contributed by atoms with Gasteiger partial charge in [-0.3, -0.25) is 0 Å². The van der Waals surface area contributed by atoms with E-state index < -0.39 is 17.2 Å². The van der Waals surface area contributed by atoms with Crippen LogP contribution in [0.2, 0.25) is 0 Å². The smallest absolute Gasteiger partial charge is 0.162 e. The number of rotatable bonds is 1. The summed E-state index contributed by atoms with van der Waals surface area (Å²) in [6.45, 7) is 2.78. The Balaban J connectivity index is 0.00000112. The first-order chi connectivity index (χ1) is 6.54. The molecule has 5 heteroatoms. The Morgan fingerprint density at radius 1 is 1.33 bits per heavy atom. The van der Waals surface area contributed by atoms with Crippen LogP contribution in [-0.4, -0.2) is 13.1 Å². The average Bonchev–Trinajstić information content (AvgIpc) is 2.11. The maximum absolute atomic E-state index is 13.2. The van der Waals surface area contributed by atoms with Crippen molar-refractivity contribution >= 4 is 12.4 Å². The van der Waals surface area contributed by atoms with Crippen LogP contribution in [0, 0.1) is 18.6 Å². The third kappa shape index (κ3) is 1.85. The molecule has 2 rings (SSSR count). The molecule has 84 valence electrons. The molecule has 0 atom stereocenters. The molecule has 0 bridgehead atoms. The van der Waals surface area contributed by atoms with Crippen molar-refractivity contribution < 1.29 is 8.78 Å². The van der Waals surface area contributed by atoms with Gasteiger partial charge in [-0.2, -0.15) is 0 Å². The predicted octanol–water partition coefficient (Wildman–Crippen LogP) is 1.45. The van der Waals surface area contributed by atoms with Crippen LogP contribution in [-0.2, 0) is 5.54 Å². The van der Waals surface area contributed by atoms with Crippen LogP contribution in [0.3, 0.4) is 0 Å². The fourth-order valence-corrected chi connectivity index (χ4v) is 1.78. The van der Waals surface area contributed by atoms with Crippen molar-refractivity contribution in [3.8, 4) is 0 Å². The lowest BCUT2D eigenvalue weighted by Gasteiger charge is -2.40. The van der Waals surface area contributed by atoms with Gasteiger partial charge < -0.3 is 11.1 Å². The van der Waals surface area contributed by atoms with E-state index in [0.717, 1.165) is 6.07 Å². The van der Waals surface area contributed by atoms with Gasteiger partial charge in [-0.05, 0) is 24.1 Å². The molecule has 1 heterocycles. The predicted molar refractivity (Wildman–Crippen MR) is 57.1 cm³/mol. The number of hydrogen-bond acceptors (Lipinski definition) is 2. The Bertz CT molecular complexity index is 378. The van der Waals surface area contributed by atoms with E-state index >= 15 is 0 Å². The molecular formula is C10H13ClF2N2. The normalized spacial score (nSPS) is 17.9. The highest BCUT2D eigenvalue weighted by atomic mass is 35.5. The van der Waals surface area contributed by atoms with Crippen molar-refractivity contribution in [3.63, 3.8) is 0 Å². The van der Waals surface area contributed by atoms with Crippen molar-refractivity contribution in [2.75, 3.05) is 13.1 Å². The van der Waals surface area contributed by atoms with Gasteiger partial charge in [0.1, 0.15) is 0 Å². The minimum Gasteiger partial charge on any atom is -0.319 e. The highest BCUT2D eigenvalue weighted by molar-refractivity contribution is 5.85. The van der Waals surface area contributed by atoms with E-state index in [2.05, 4.69) is 5.32 Å². The van der Waals surface area contributed by atoms with Crippen LogP contribution in [0.4, 0.5) is 8.78 Å². The minimum absolute atomic E-state index is 0. The van der Waals surface area contributed by atoms with E-state index in [0.29, 0.717) is 24.2 Å². The van der Waals surface area contributed by atoms with Crippen molar-refractivity contribution in [2.45, 2.75) is 12.5 Å².